The first-order chi connectivity index (χ1) is 10.4. The molecule has 2 aromatic rings. The third-order valence-electron chi connectivity index (χ3n) is 2.78. The van der Waals surface area contributed by atoms with Crippen molar-refractivity contribution in [1.82, 2.24) is 0 Å². The van der Waals surface area contributed by atoms with E-state index in [2.05, 4.69) is 26.6 Å². The predicted octanol–water partition coefficient (Wildman–Crippen LogP) is 4.52. The van der Waals surface area contributed by atoms with Gasteiger partial charge in [0.15, 0.2) is 0 Å². The van der Waals surface area contributed by atoms with Crippen LogP contribution in [0.15, 0.2) is 53.0 Å². The van der Waals surface area contributed by atoms with Gasteiger partial charge in [-0.3, -0.25) is 4.79 Å². The normalized spacial score (nSPS) is 11.1. The fourth-order valence-electron chi connectivity index (χ4n) is 1.83. The Balaban J connectivity index is 2.00. The van der Waals surface area contributed by atoms with Gasteiger partial charge in [-0.15, -0.1) is 0 Å². The van der Waals surface area contributed by atoms with Gasteiger partial charge < -0.3 is 10.6 Å². The van der Waals surface area contributed by atoms with Gasteiger partial charge in [0.1, 0.15) is 0 Å². The Morgan fingerprint density at radius 3 is 2.50 bits per heavy atom. The van der Waals surface area contributed by atoms with Gasteiger partial charge in [-0.1, -0.05) is 34.1 Å². The number of hydrogen-bond acceptors (Lipinski definition) is 2. The van der Waals surface area contributed by atoms with Crippen LogP contribution in [-0.2, 0) is 11.0 Å². The van der Waals surface area contributed by atoms with Crippen molar-refractivity contribution in [3.63, 3.8) is 0 Å². The molecular formula is C15H12BrF3N2O. The molecule has 1 amide bonds. The molecule has 0 aliphatic rings. The summed E-state index contributed by atoms with van der Waals surface area (Å²) in [5.74, 6) is -0.435. The highest BCUT2D eigenvalue weighted by Crippen LogP contribution is 2.34. The van der Waals surface area contributed by atoms with Crippen LogP contribution in [-0.4, -0.2) is 12.5 Å². The number of halogens is 4. The maximum absolute atomic E-state index is 12.8. The topological polar surface area (TPSA) is 41.1 Å². The Labute approximate surface area is 133 Å². The van der Waals surface area contributed by atoms with Gasteiger partial charge in [0.2, 0.25) is 5.91 Å². The lowest BCUT2D eigenvalue weighted by molar-refractivity contribution is -0.137. The van der Waals surface area contributed by atoms with Crippen LogP contribution in [0.5, 0.6) is 0 Å². The summed E-state index contributed by atoms with van der Waals surface area (Å²) < 4.78 is 39.2. The number of carbonyl (C=O) groups is 1. The highest BCUT2D eigenvalue weighted by atomic mass is 79.9. The molecule has 0 fully saturated rings. The average Bonchev–Trinajstić information content (AvgIpc) is 2.44. The molecule has 2 N–H and O–H groups in total. The molecule has 0 unspecified atom stereocenters. The van der Waals surface area contributed by atoms with Crippen molar-refractivity contribution >= 4 is 33.2 Å². The van der Waals surface area contributed by atoms with Gasteiger partial charge in [0, 0.05) is 15.8 Å². The maximum Gasteiger partial charge on any atom is 0.418 e. The summed E-state index contributed by atoms with van der Waals surface area (Å²) in [6.45, 7) is -0.264. The minimum absolute atomic E-state index is 0.126. The van der Waals surface area contributed by atoms with E-state index in [-0.39, 0.29) is 12.2 Å². The van der Waals surface area contributed by atoms with Gasteiger partial charge in [0.05, 0.1) is 12.1 Å². The summed E-state index contributed by atoms with van der Waals surface area (Å²) in [6, 6.07) is 12.0. The minimum atomic E-state index is -4.47. The number of nitrogens with one attached hydrogen (secondary N) is 2. The molecule has 0 aliphatic heterocycles. The van der Waals surface area contributed by atoms with E-state index in [0.717, 1.165) is 10.5 Å². The Bertz CT molecular complexity index is 674. The fraction of sp³-hybridized carbons (Fsp3) is 0.133. The third-order valence-corrected chi connectivity index (χ3v) is 3.27. The Morgan fingerprint density at radius 2 is 1.82 bits per heavy atom. The van der Waals surface area contributed by atoms with Crippen LogP contribution in [0.3, 0.4) is 0 Å². The minimum Gasteiger partial charge on any atom is -0.376 e. The molecule has 2 aromatic carbocycles. The SMILES string of the molecule is O=C(CNc1ccccc1C(F)(F)F)Nc1cccc(Br)c1. The third kappa shape index (κ3) is 4.49. The molecule has 7 heteroatoms. The lowest BCUT2D eigenvalue weighted by atomic mass is 10.1. The highest BCUT2D eigenvalue weighted by molar-refractivity contribution is 9.10. The van der Waals surface area contributed by atoms with E-state index in [1.54, 1.807) is 24.3 Å². The largest absolute Gasteiger partial charge is 0.418 e. The monoisotopic (exact) mass is 372 g/mol. The van der Waals surface area contributed by atoms with Gasteiger partial charge in [-0.05, 0) is 30.3 Å². The summed E-state index contributed by atoms with van der Waals surface area (Å²) in [5.41, 5.74) is -0.366. The fourth-order valence-corrected chi connectivity index (χ4v) is 2.23. The number of rotatable bonds is 4. The second kappa shape index (κ2) is 6.83. The van der Waals surface area contributed by atoms with Crippen molar-refractivity contribution in [3.05, 3.63) is 58.6 Å². The van der Waals surface area contributed by atoms with Crippen molar-refractivity contribution in [2.75, 3.05) is 17.2 Å². The van der Waals surface area contributed by atoms with E-state index in [1.807, 2.05) is 0 Å². The number of hydrogen-bond donors (Lipinski definition) is 2. The van der Waals surface area contributed by atoms with Crippen LogP contribution >= 0.6 is 15.9 Å². The van der Waals surface area contributed by atoms with Crippen LogP contribution in [0.1, 0.15) is 5.56 Å². The number of benzene rings is 2. The predicted molar refractivity (Wildman–Crippen MR) is 82.7 cm³/mol. The van der Waals surface area contributed by atoms with E-state index in [1.165, 1.54) is 18.2 Å². The number of carbonyl (C=O) groups excluding carboxylic acids is 1. The summed E-state index contributed by atoms with van der Waals surface area (Å²) >= 11 is 3.27. The Hall–Kier alpha value is -2.02. The molecule has 0 bridgehead atoms. The van der Waals surface area contributed by atoms with E-state index in [4.69, 9.17) is 0 Å². The first-order valence-electron chi connectivity index (χ1n) is 6.32. The number of alkyl halides is 3. The Kier molecular flexibility index (Phi) is 5.07. The smallest absolute Gasteiger partial charge is 0.376 e. The van der Waals surface area contributed by atoms with Crippen LogP contribution < -0.4 is 10.6 Å². The first-order valence-corrected chi connectivity index (χ1v) is 7.11. The standard InChI is InChI=1S/C15H12BrF3N2O/c16-10-4-3-5-11(8-10)21-14(22)9-20-13-7-2-1-6-12(13)15(17,18)19/h1-8,20H,9H2,(H,21,22). The molecule has 22 heavy (non-hydrogen) atoms. The zero-order valence-electron chi connectivity index (χ0n) is 11.2. The van der Waals surface area contributed by atoms with E-state index < -0.39 is 17.6 Å². The number of anilines is 2. The van der Waals surface area contributed by atoms with E-state index in [0.29, 0.717) is 5.69 Å². The summed E-state index contributed by atoms with van der Waals surface area (Å²) in [6.07, 6.45) is -4.47. The Morgan fingerprint density at radius 1 is 1.09 bits per heavy atom. The van der Waals surface area contributed by atoms with Crippen molar-refractivity contribution in [3.8, 4) is 0 Å². The summed E-state index contributed by atoms with van der Waals surface area (Å²) in [4.78, 5) is 11.8. The average molecular weight is 373 g/mol. The molecule has 0 aliphatic carbocycles. The molecule has 0 aromatic heterocycles. The van der Waals surface area contributed by atoms with Crippen molar-refractivity contribution < 1.29 is 18.0 Å². The van der Waals surface area contributed by atoms with Crippen LogP contribution in [0.4, 0.5) is 24.5 Å². The maximum atomic E-state index is 12.8. The molecule has 2 rings (SSSR count). The molecule has 0 heterocycles. The molecule has 0 saturated heterocycles. The lowest BCUT2D eigenvalue weighted by Crippen LogP contribution is -2.23. The zero-order valence-corrected chi connectivity index (χ0v) is 12.8. The van der Waals surface area contributed by atoms with E-state index in [9.17, 15) is 18.0 Å². The summed E-state index contributed by atoms with van der Waals surface area (Å²) in [7, 11) is 0. The summed E-state index contributed by atoms with van der Waals surface area (Å²) in [5, 5.41) is 5.11. The quantitative estimate of drug-likeness (QED) is 0.828. The number of amides is 1. The zero-order chi connectivity index (χ0) is 16.2. The van der Waals surface area contributed by atoms with Crippen molar-refractivity contribution in [1.29, 1.82) is 0 Å². The van der Waals surface area contributed by atoms with Crippen molar-refractivity contribution in [2.24, 2.45) is 0 Å². The molecule has 0 saturated carbocycles. The molecule has 0 atom stereocenters. The molecular weight excluding hydrogens is 361 g/mol. The second-order valence-electron chi connectivity index (χ2n) is 4.46. The van der Waals surface area contributed by atoms with Crippen LogP contribution in [0.2, 0.25) is 0 Å². The molecule has 0 radical (unpaired) electrons. The van der Waals surface area contributed by atoms with Gasteiger partial charge in [-0.2, -0.15) is 13.2 Å². The molecule has 0 spiro atoms. The van der Waals surface area contributed by atoms with Crippen molar-refractivity contribution in [2.45, 2.75) is 6.18 Å². The van der Waals surface area contributed by atoms with E-state index >= 15 is 0 Å². The van der Waals surface area contributed by atoms with Gasteiger partial charge in [-0.25, -0.2) is 0 Å². The molecule has 116 valence electrons. The second-order valence-corrected chi connectivity index (χ2v) is 5.37. The number of para-hydroxylation sites is 1. The van der Waals surface area contributed by atoms with Gasteiger partial charge >= 0.3 is 6.18 Å². The van der Waals surface area contributed by atoms with Crippen LogP contribution in [0.25, 0.3) is 0 Å². The van der Waals surface area contributed by atoms with Gasteiger partial charge in [0.25, 0.3) is 0 Å². The molecule has 3 nitrogen and oxygen atoms in total. The first kappa shape index (κ1) is 16.4. The highest BCUT2D eigenvalue weighted by Gasteiger charge is 2.33. The lowest BCUT2D eigenvalue weighted by Gasteiger charge is -2.14. The van der Waals surface area contributed by atoms with Crippen LogP contribution in [0, 0.1) is 0 Å².